The molecule has 2 fully saturated rings. The van der Waals surface area contributed by atoms with Crippen molar-refractivity contribution in [2.45, 2.75) is 50.4 Å². The normalized spacial score (nSPS) is 25.2. The third kappa shape index (κ3) is 6.75. The van der Waals surface area contributed by atoms with E-state index < -0.39 is 48.5 Å². The summed E-state index contributed by atoms with van der Waals surface area (Å²) in [5.74, 6) is -5.12. The van der Waals surface area contributed by atoms with Crippen molar-refractivity contribution in [1.29, 1.82) is 0 Å². The Morgan fingerprint density at radius 1 is 1.33 bits per heavy atom. The first-order chi connectivity index (χ1) is 15.3. The minimum absolute atomic E-state index is 0.0881. The number of aliphatic carboxylic acids is 2. The molecular weight excluding hydrogens is 464 g/mol. The lowest BCUT2D eigenvalue weighted by molar-refractivity contribution is -0.219. The van der Waals surface area contributed by atoms with Gasteiger partial charge in [-0.1, -0.05) is 6.08 Å². The number of halogens is 4. The number of carbonyl (C=O) groups is 4. The number of urea groups is 1. The topological polar surface area (TPSA) is 158 Å². The van der Waals surface area contributed by atoms with Gasteiger partial charge in [-0.2, -0.15) is 18.2 Å². The molecule has 0 aromatic carbocycles. The van der Waals surface area contributed by atoms with Crippen molar-refractivity contribution in [3.63, 3.8) is 0 Å². The number of nitrogens with zero attached hydrogens (tertiary/aromatic N) is 2. The zero-order valence-electron chi connectivity index (χ0n) is 17.2. The summed E-state index contributed by atoms with van der Waals surface area (Å²) in [6.07, 6.45) is -4.15. The van der Waals surface area contributed by atoms with Crippen LogP contribution in [0.2, 0.25) is 0 Å². The molecule has 4 atom stereocenters. The fourth-order valence-corrected chi connectivity index (χ4v) is 3.38. The van der Waals surface area contributed by atoms with Crippen LogP contribution in [0.25, 0.3) is 0 Å². The molecule has 0 radical (unpaired) electrons. The third-order valence-electron chi connectivity index (χ3n) is 4.83. The molecule has 3 heterocycles. The molecule has 33 heavy (non-hydrogen) atoms. The van der Waals surface area contributed by atoms with Gasteiger partial charge in [0, 0.05) is 6.04 Å². The van der Waals surface area contributed by atoms with Crippen LogP contribution in [0.15, 0.2) is 11.6 Å². The van der Waals surface area contributed by atoms with Gasteiger partial charge in [0.05, 0.1) is 19.2 Å². The second-order valence-electron chi connectivity index (χ2n) is 7.27. The monoisotopic (exact) mass is 486 g/mol. The summed E-state index contributed by atoms with van der Waals surface area (Å²) in [5, 5.41) is 19.6. The quantitative estimate of drug-likeness (QED) is 0.224. The first-order valence-electron chi connectivity index (χ1n) is 9.59. The highest BCUT2D eigenvalue weighted by molar-refractivity contribution is 5.91. The largest absolute Gasteiger partial charge is 0.490 e. The Morgan fingerprint density at radius 2 is 1.97 bits per heavy atom. The highest BCUT2D eigenvalue weighted by Crippen LogP contribution is 2.30. The number of carboxylic acids is 2. The number of carboxylic acid groups (broad SMARTS) is 2. The SMILES string of the molecule is CC1=C[C@@H]2CN(C(=O)N2O[C@@H](F)C(=O)O)[C@@H]1C(=O)NOC[C@@H]1CCCN1.O=C(O)C(F)(F)F. The van der Waals surface area contributed by atoms with Gasteiger partial charge in [-0.25, -0.2) is 29.1 Å². The van der Waals surface area contributed by atoms with E-state index in [0.29, 0.717) is 17.2 Å². The zero-order valence-corrected chi connectivity index (χ0v) is 17.2. The van der Waals surface area contributed by atoms with Gasteiger partial charge in [-0.15, -0.1) is 0 Å². The molecule has 186 valence electrons. The number of hydroxylamine groups is 3. The summed E-state index contributed by atoms with van der Waals surface area (Å²) in [5.41, 5.74) is 2.91. The maximum absolute atomic E-state index is 13.3. The molecule has 3 amide bonds. The number of hydrogen-bond donors (Lipinski definition) is 4. The van der Waals surface area contributed by atoms with E-state index in [-0.39, 0.29) is 12.6 Å². The number of nitrogens with one attached hydrogen (secondary N) is 2. The van der Waals surface area contributed by atoms with Gasteiger partial charge in [-0.05, 0) is 31.9 Å². The molecule has 4 N–H and O–H groups in total. The van der Waals surface area contributed by atoms with Gasteiger partial charge >= 0.3 is 30.5 Å². The fourth-order valence-electron chi connectivity index (χ4n) is 3.38. The van der Waals surface area contributed by atoms with Gasteiger partial charge in [0.2, 0.25) is 0 Å². The minimum atomic E-state index is -5.08. The van der Waals surface area contributed by atoms with E-state index >= 15 is 0 Å². The summed E-state index contributed by atoms with van der Waals surface area (Å²) in [6.45, 7) is 2.97. The molecule has 3 rings (SSSR count). The van der Waals surface area contributed by atoms with Crippen LogP contribution in [0.1, 0.15) is 19.8 Å². The van der Waals surface area contributed by atoms with Crippen LogP contribution in [0, 0.1) is 0 Å². The Labute approximate surface area is 184 Å². The lowest BCUT2D eigenvalue weighted by atomic mass is 10.0. The average Bonchev–Trinajstić information content (AvgIpc) is 3.30. The molecule has 0 aromatic rings. The molecule has 3 aliphatic heterocycles. The van der Waals surface area contributed by atoms with Gasteiger partial charge < -0.3 is 20.4 Å². The molecular formula is C17H22F4N4O8. The molecule has 2 bridgehead atoms. The standard InChI is InChI=1S/C15H21FN4O6.C2HF3O2/c1-8-5-10-6-19(15(24)20(10)26-12(16)14(22)23)11(8)13(21)18-25-7-9-3-2-4-17-9;3-2(4,5)1(6)7/h5,9-12,17H,2-4,6-7H2,1H3,(H,18,21)(H,22,23);(H,6,7)/t9-,10+,11-,12+;/m0./s1. The highest BCUT2D eigenvalue weighted by atomic mass is 19.4. The fraction of sp³-hybridized carbons (Fsp3) is 0.647. The summed E-state index contributed by atoms with van der Waals surface area (Å²) >= 11 is 0. The lowest BCUT2D eigenvalue weighted by Crippen LogP contribution is -2.50. The molecule has 0 saturated carbocycles. The number of carbonyl (C=O) groups excluding carboxylic acids is 2. The van der Waals surface area contributed by atoms with Crippen LogP contribution >= 0.6 is 0 Å². The smallest absolute Gasteiger partial charge is 0.477 e. The Hall–Kier alpha value is -2.98. The van der Waals surface area contributed by atoms with Crippen molar-refractivity contribution in [3.05, 3.63) is 11.6 Å². The molecule has 12 nitrogen and oxygen atoms in total. The predicted octanol–water partition coefficient (Wildman–Crippen LogP) is 0.166. The molecule has 2 saturated heterocycles. The van der Waals surface area contributed by atoms with Gasteiger partial charge in [-0.3, -0.25) is 9.63 Å². The number of hydrogen-bond acceptors (Lipinski definition) is 7. The molecule has 0 aliphatic carbocycles. The van der Waals surface area contributed by atoms with E-state index in [1.807, 2.05) is 0 Å². The second-order valence-corrected chi connectivity index (χ2v) is 7.27. The summed E-state index contributed by atoms with van der Waals surface area (Å²) in [6, 6.07) is -2.18. The van der Waals surface area contributed by atoms with Crippen LogP contribution in [-0.2, 0) is 24.1 Å². The number of alkyl halides is 4. The minimum Gasteiger partial charge on any atom is -0.477 e. The van der Waals surface area contributed by atoms with Crippen LogP contribution in [0.5, 0.6) is 0 Å². The Balaban J connectivity index is 0.000000479. The van der Waals surface area contributed by atoms with Gasteiger partial charge in [0.25, 0.3) is 5.91 Å². The maximum Gasteiger partial charge on any atom is 0.490 e. The third-order valence-corrected chi connectivity index (χ3v) is 4.83. The van der Waals surface area contributed by atoms with E-state index in [2.05, 4.69) is 15.6 Å². The first kappa shape index (κ1) is 26.3. The number of amides is 3. The predicted molar refractivity (Wildman–Crippen MR) is 97.7 cm³/mol. The number of fused-ring (bicyclic) bond motifs is 2. The molecule has 16 heteroatoms. The summed E-state index contributed by atoms with van der Waals surface area (Å²) in [7, 11) is 0. The van der Waals surface area contributed by atoms with Crippen molar-refractivity contribution < 1.29 is 56.6 Å². The average molecular weight is 486 g/mol. The second kappa shape index (κ2) is 10.8. The maximum atomic E-state index is 13.3. The van der Waals surface area contributed by atoms with Crippen molar-refractivity contribution in [2.75, 3.05) is 19.7 Å². The van der Waals surface area contributed by atoms with Crippen LogP contribution in [0.3, 0.4) is 0 Å². The van der Waals surface area contributed by atoms with Crippen molar-refractivity contribution in [3.8, 4) is 0 Å². The van der Waals surface area contributed by atoms with Crippen LogP contribution in [-0.4, -0.2) is 94.4 Å². The first-order valence-corrected chi connectivity index (χ1v) is 9.59. The Bertz CT molecular complexity index is 802. The zero-order chi connectivity index (χ0) is 24.9. The molecule has 0 unspecified atom stereocenters. The van der Waals surface area contributed by atoms with Crippen molar-refractivity contribution in [2.24, 2.45) is 0 Å². The van der Waals surface area contributed by atoms with E-state index in [1.165, 1.54) is 4.90 Å². The van der Waals surface area contributed by atoms with E-state index in [9.17, 15) is 31.9 Å². The van der Waals surface area contributed by atoms with Crippen LogP contribution in [0.4, 0.5) is 22.4 Å². The summed E-state index contributed by atoms with van der Waals surface area (Å²) in [4.78, 5) is 55.3. The van der Waals surface area contributed by atoms with Crippen molar-refractivity contribution >= 4 is 23.9 Å². The van der Waals surface area contributed by atoms with Crippen molar-refractivity contribution in [1.82, 2.24) is 20.8 Å². The van der Waals surface area contributed by atoms with E-state index in [4.69, 9.17) is 19.8 Å². The number of rotatable bonds is 7. The van der Waals surface area contributed by atoms with Crippen LogP contribution < -0.4 is 10.8 Å². The summed E-state index contributed by atoms with van der Waals surface area (Å²) < 4.78 is 45.1. The Morgan fingerprint density at radius 3 is 2.48 bits per heavy atom. The lowest BCUT2D eigenvalue weighted by Gasteiger charge is -2.29. The van der Waals surface area contributed by atoms with E-state index in [1.54, 1.807) is 13.0 Å². The molecule has 0 spiro atoms. The highest BCUT2D eigenvalue weighted by Gasteiger charge is 2.48. The van der Waals surface area contributed by atoms with Gasteiger partial charge in [0.15, 0.2) is 0 Å². The van der Waals surface area contributed by atoms with E-state index in [0.717, 1.165) is 19.4 Å². The Kier molecular flexibility index (Phi) is 8.57. The van der Waals surface area contributed by atoms with Gasteiger partial charge in [0.1, 0.15) is 6.04 Å². The molecule has 0 aromatic heterocycles. The molecule has 3 aliphatic rings.